The second-order valence-electron chi connectivity index (χ2n) is 4.21. The van der Waals surface area contributed by atoms with Gasteiger partial charge in [-0.1, -0.05) is 6.07 Å². The van der Waals surface area contributed by atoms with Crippen molar-refractivity contribution in [3.8, 4) is 11.5 Å². The van der Waals surface area contributed by atoms with Crippen LogP contribution in [0.4, 0.5) is 0 Å². The summed E-state index contributed by atoms with van der Waals surface area (Å²) in [5.41, 5.74) is 6.93. The third-order valence-corrected chi connectivity index (χ3v) is 2.48. The Balaban J connectivity index is 2.62. The van der Waals surface area contributed by atoms with Gasteiger partial charge in [0.05, 0.1) is 13.7 Å². The molecule has 0 saturated carbocycles. The number of ether oxygens (including phenoxy) is 3. The van der Waals surface area contributed by atoms with E-state index in [1.54, 1.807) is 7.11 Å². The van der Waals surface area contributed by atoms with Crippen LogP contribution in [0.2, 0.25) is 0 Å². The van der Waals surface area contributed by atoms with Crippen LogP contribution >= 0.6 is 0 Å². The predicted molar refractivity (Wildman–Crippen MR) is 72.3 cm³/mol. The van der Waals surface area contributed by atoms with Crippen molar-refractivity contribution in [3.05, 3.63) is 23.8 Å². The molecular formula is C14H23NO3. The molecule has 4 nitrogen and oxygen atoms in total. The Hall–Kier alpha value is -1.26. The van der Waals surface area contributed by atoms with Gasteiger partial charge in [-0.15, -0.1) is 0 Å². The Morgan fingerprint density at radius 2 is 2.00 bits per heavy atom. The first-order chi connectivity index (χ1) is 8.67. The van der Waals surface area contributed by atoms with Gasteiger partial charge in [0.25, 0.3) is 0 Å². The molecule has 0 amide bonds. The Morgan fingerprint density at radius 1 is 1.22 bits per heavy atom. The lowest BCUT2D eigenvalue weighted by atomic mass is 10.1. The van der Waals surface area contributed by atoms with E-state index in [0.717, 1.165) is 23.5 Å². The molecule has 1 rings (SSSR count). The SMILES string of the molecule is CCOCCOc1ccc(CC(C)N)cc1OC. The van der Waals surface area contributed by atoms with Gasteiger partial charge in [0, 0.05) is 12.6 Å². The lowest BCUT2D eigenvalue weighted by Crippen LogP contribution is -2.17. The van der Waals surface area contributed by atoms with E-state index in [1.807, 2.05) is 32.0 Å². The summed E-state index contributed by atoms with van der Waals surface area (Å²) >= 11 is 0. The number of hydrogen-bond acceptors (Lipinski definition) is 4. The van der Waals surface area contributed by atoms with Crippen LogP contribution < -0.4 is 15.2 Å². The number of benzene rings is 1. The molecule has 18 heavy (non-hydrogen) atoms. The van der Waals surface area contributed by atoms with Crippen molar-refractivity contribution in [3.63, 3.8) is 0 Å². The summed E-state index contributed by atoms with van der Waals surface area (Å²) in [5, 5.41) is 0. The second kappa shape index (κ2) is 7.95. The summed E-state index contributed by atoms with van der Waals surface area (Å²) in [6.45, 7) is 5.76. The van der Waals surface area contributed by atoms with Crippen LogP contribution in [-0.4, -0.2) is 33.0 Å². The molecule has 0 saturated heterocycles. The molecule has 0 aliphatic heterocycles. The number of rotatable bonds is 8. The van der Waals surface area contributed by atoms with Crippen LogP contribution in [0.15, 0.2) is 18.2 Å². The summed E-state index contributed by atoms with van der Waals surface area (Å²) < 4.78 is 16.1. The number of hydrogen-bond donors (Lipinski definition) is 1. The van der Waals surface area contributed by atoms with Crippen molar-refractivity contribution in [2.75, 3.05) is 26.9 Å². The Morgan fingerprint density at radius 3 is 2.61 bits per heavy atom. The second-order valence-corrected chi connectivity index (χ2v) is 4.21. The Bertz CT molecular complexity index is 353. The quantitative estimate of drug-likeness (QED) is 0.720. The van der Waals surface area contributed by atoms with Crippen molar-refractivity contribution >= 4 is 0 Å². The fourth-order valence-corrected chi connectivity index (χ4v) is 1.68. The van der Waals surface area contributed by atoms with Gasteiger partial charge in [-0.05, 0) is 38.0 Å². The normalized spacial score (nSPS) is 12.2. The van der Waals surface area contributed by atoms with Crippen molar-refractivity contribution in [2.24, 2.45) is 5.73 Å². The lowest BCUT2D eigenvalue weighted by molar-refractivity contribution is 0.109. The first-order valence-corrected chi connectivity index (χ1v) is 6.30. The van der Waals surface area contributed by atoms with E-state index < -0.39 is 0 Å². The molecule has 0 spiro atoms. The minimum Gasteiger partial charge on any atom is -0.493 e. The molecule has 2 N–H and O–H groups in total. The standard InChI is InChI=1S/C14H23NO3/c1-4-17-7-8-18-13-6-5-12(9-11(2)15)10-14(13)16-3/h5-6,10-11H,4,7-9,15H2,1-3H3. The van der Waals surface area contributed by atoms with Gasteiger partial charge in [-0.25, -0.2) is 0 Å². The van der Waals surface area contributed by atoms with E-state index in [4.69, 9.17) is 19.9 Å². The van der Waals surface area contributed by atoms with E-state index in [1.165, 1.54) is 0 Å². The van der Waals surface area contributed by atoms with Crippen LogP contribution in [0.1, 0.15) is 19.4 Å². The van der Waals surface area contributed by atoms with Crippen LogP contribution in [0.5, 0.6) is 11.5 Å². The fourth-order valence-electron chi connectivity index (χ4n) is 1.68. The molecule has 1 aromatic carbocycles. The topological polar surface area (TPSA) is 53.7 Å². The van der Waals surface area contributed by atoms with E-state index in [0.29, 0.717) is 19.8 Å². The molecule has 0 fully saturated rings. The molecule has 4 heteroatoms. The highest BCUT2D eigenvalue weighted by atomic mass is 16.5. The molecular weight excluding hydrogens is 230 g/mol. The first kappa shape index (κ1) is 14.8. The highest BCUT2D eigenvalue weighted by Crippen LogP contribution is 2.28. The smallest absolute Gasteiger partial charge is 0.161 e. The molecule has 0 radical (unpaired) electrons. The predicted octanol–water partition coefficient (Wildman–Crippen LogP) is 2.00. The lowest BCUT2D eigenvalue weighted by Gasteiger charge is -2.13. The fraction of sp³-hybridized carbons (Fsp3) is 0.571. The maximum absolute atomic E-state index is 5.78. The highest BCUT2D eigenvalue weighted by Gasteiger charge is 2.07. The van der Waals surface area contributed by atoms with E-state index >= 15 is 0 Å². The van der Waals surface area contributed by atoms with Crippen molar-refractivity contribution < 1.29 is 14.2 Å². The van der Waals surface area contributed by atoms with Crippen molar-refractivity contribution in [1.82, 2.24) is 0 Å². The summed E-state index contributed by atoms with van der Waals surface area (Å²) in [4.78, 5) is 0. The largest absolute Gasteiger partial charge is 0.493 e. The molecule has 0 heterocycles. The third kappa shape index (κ3) is 4.94. The first-order valence-electron chi connectivity index (χ1n) is 6.30. The molecule has 102 valence electrons. The van der Waals surface area contributed by atoms with Gasteiger partial charge < -0.3 is 19.9 Å². The summed E-state index contributed by atoms with van der Waals surface area (Å²) in [6.07, 6.45) is 0.829. The zero-order chi connectivity index (χ0) is 13.4. The molecule has 1 aromatic rings. The molecule has 0 aromatic heterocycles. The maximum atomic E-state index is 5.78. The van der Waals surface area contributed by atoms with E-state index in [2.05, 4.69) is 0 Å². The maximum Gasteiger partial charge on any atom is 0.161 e. The van der Waals surface area contributed by atoms with Gasteiger partial charge in [-0.3, -0.25) is 0 Å². The van der Waals surface area contributed by atoms with Crippen LogP contribution in [0.25, 0.3) is 0 Å². The van der Waals surface area contributed by atoms with Gasteiger partial charge >= 0.3 is 0 Å². The number of methoxy groups -OCH3 is 1. The minimum absolute atomic E-state index is 0.138. The third-order valence-electron chi connectivity index (χ3n) is 2.48. The van der Waals surface area contributed by atoms with Gasteiger partial charge in [-0.2, -0.15) is 0 Å². The highest BCUT2D eigenvalue weighted by molar-refractivity contribution is 5.43. The molecule has 0 aliphatic carbocycles. The molecule has 0 aliphatic rings. The summed E-state index contributed by atoms with van der Waals surface area (Å²) in [5.74, 6) is 1.48. The summed E-state index contributed by atoms with van der Waals surface area (Å²) in [7, 11) is 1.64. The van der Waals surface area contributed by atoms with E-state index in [9.17, 15) is 0 Å². The molecule has 1 unspecified atom stereocenters. The monoisotopic (exact) mass is 253 g/mol. The van der Waals surface area contributed by atoms with Crippen LogP contribution in [0.3, 0.4) is 0 Å². The Kier molecular flexibility index (Phi) is 6.54. The Labute approximate surface area is 109 Å². The zero-order valence-corrected chi connectivity index (χ0v) is 11.4. The average Bonchev–Trinajstić information content (AvgIpc) is 2.35. The van der Waals surface area contributed by atoms with Gasteiger partial charge in [0.1, 0.15) is 6.61 Å². The van der Waals surface area contributed by atoms with Gasteiger partial charge in [0.15, 0.2) is 11.5 Å². The van der Waals surface area contributed by atoms with Crippen molar-refractivity contribution in [2.45, 2.75) is 26.3 Å². The van der Waals surface area contributed by atoms with Crippen molar-refractivity contribution in [1.29, 1.82) is 0 Å². The zero-order valence-electron chi connectivity index (χ0n) is 11.4. The van der Waals surface area contributed by atoms with Gasteiger partial charge in [0.2, 0.25) is 0 Å². The average molecular weight is 253 g/mol. The molecule has 1 atom stereocenters. The summed E-state index contributed by atoms with van der Waals surface area (Å²) in [6, 6.07) is 6.04. The van der Waals surface area contributed by atoms with Crippen LogP contribution in [0, 0.1) is 0 Å². The van der Waals surface area contributed by atoms with Crippen LogP contribution in [-0.2, 0) is 11.2 Å². The molecule has 0 bridgehead atoms. The minimum atomic E-state index is 0.138. The number of nitrogens with two attached hydrogens (primary N) is 1. The van der Waals surface area contributed by atoms with E-state index in [-0.39, 0.29) is 6.04 Å².